The Morgan fingerprint density at radius 2 is 1.60 bits per heavy atom. The number of benzene rings is 4. The lowest BCUT2D eigenvalue weighted by atomic mass is 9.95. The molecule has 0 bridgehead atoms. The summed E-state index contributed by atoms with van der Waals surface area (Å²) in [5.41, 5.74) is 2.34. The number of allylic oxidation sites excluding steroid dienone is 1. The highest BCUT2D eigenvalue weighted by Crippen LogP contribution is 2.36. The number of esters is 1. The predicted molar refractivity (Wildman–Crippen MR) is 159 cm³/mol. The highest BCUT2D eigenvalue weighted by atomic mass is 32.1. The molecule has 0 N–H and O–H groups in total. The van der Waals surface area contributed by atoms with Gasteiger partial charge in [0, 0.05) is 5.56 Å². The van der Waals surface area contributed by atoms with Crippen molar-refractivity contribution in [3.05, 3.63) is 121 Å². The van der Waals surface area contributed by atoms with Crippen molar-refractivity contribution in [2.45, 2.75) is 26.8 Å². The number of hydrogen-bond donors (Lipinski definition) is 0. The molecule has 7 heteroatoms. The third-order valence-electron chi connectivity index (χ3n) is 7.12. The van der Waals surface area contributed by atoms with Crippen LogP contribution in [0.25, 0.3) is 27.6 Å². The normalized spacial score (nSPS) is 15.3. The van der Waals surface area contributed by atoms with Crippen LogP contribution >= 0.6 is 11.3 Å². The van der Waals surface area contributed by atoms with Crippen LogP contribution in [0.2, 0.25) is 0 Å². The van der Waals surface area contributed by atoms with Crippen molar-refractivity contribution in [2.24, 2.45) is 4.99 Å². The molecule has 6 rings (SSSR count). The molecule has 2 heterocycles. The molecule has 0 spiro atoms. The van der Waals surface area contributed by atoms with E-state index in [2.05, 4.69) is 30.3 Å². The molecule has 0 amide bonds. The molecule has 6 nitrogen and oxygen atoms in total. The van der Waals surface area contributed by atoms with E-state index in [-0.39, 0.29) is 12.2 Å². The average Bonchev–Trinajstić information content (AvgIpc) is 3.26. The second-order valence-corrected chi connectivity index (χ2v) is 10.5. The van der Waals surface area contributed by atoms with E-state index in [0.29, 0.717) is 38.5 Å². The molecule has 0 saturated heterocycles. The van der Waals surface area contributed by atoms with Gasteiger partial charge >= 0.3 is 5.97 Å². The van der Waals surface area contributed by atoms with Gasteiger partial charge in [0.2, 0.25) is 0 Å². The molecular weight excluding hydrogens is 520 g/mol. The first-order chi connectivity index (χ1) is 19.5. The maximum Gasteiger partial charge on any atom is 0.338 e. The zero-order chi connectivity index (χ0) is 27.8. The van der Waals surface area contributed by atoms with Gasteiger partial charge in [0.1, 0.15) is 11.8 Å². The van der Waals surface area contributed by atoms with Gasteiger partial charge in [0.15, 0.2) is 4.80 Å². The van der Waals surface area contributed by atoms with Crippen molar-refractivity contribution in [2.75, 3.05) is 13.2 Å². The molecule has 0 fully saturated rings. The topological polar surface area (TPSA) is 69.9 Å². The van der Waals surface area contributed by atoms with Crippen LogP contribution in [0.1, 0.15) is 37.9 Å². The van der Waals surface area contributed by atoms with E-state index >= 15 is 0 Å². The number of aromatic nitrogens is 1. The molecule has 1 aliphatic heterocycles. The molecule has 40 heavy (non-hydrogen) atoms. The molecule has 200 valence electrons. The van der Waals surface area contributed by atoms with E-state index in [1.807, 2.05) is 61.5 Å². The van der Waals surface area contributed by atoms with E-state index in [1.54, 1.807) is 18.4 Å². The smallest absolute Gasteiger partial charge is 0.338 e. The number of carbonyl (C=O) groups is 1. The van der Waals surface area contributed by atoms with Crippen LogP contribution in [0.15, 0.2) is 99.9 Å². The number of fused-ring (bicyclic) bond motifs is 3. The molecule has 0 aliphatic carbocycles. The number of carbonyl (C=O) groups excluding carboxylic acids is 1. The first-order valence-electron chi connectivity index (χ1n) is 13.3. The predicted octanol–water partition coefficient (Wildman–Crippen LogP) is 5.50. The summed E-state index contributed by atoms with van der Waals surface area (Å²) in [4.78, 5) is 32.8. The Kier molecular flexibility index (Phi) is 6.82. The largest absolute Gasteiger partial charge is 0.494 e. The van der Waals surface area contributed by atoms with Crippen molar-refractivity contribution in [1.29, 1.82) is 0 Å². The maximum absolute atomic E-state index is 14.2. The van der Waals surface area contributed by atoms with Crippen molar-refractivity contribution in [3.63, 3.8) is 0 Å². The fourth-order valence-electron chi connectivity index (χ4n) is 5.41. The van der Waals surface area contributed by atoms with Gasteiger partial charge in [-0.05, 0) is 66.1 Å². The summed E-state index contributed by atoms with van der Waals surface area (Å²) in [5, 5.41) is 4.33. The van der Waals surface area contributed by atoms with Crippen LogP contribution in [0, 0.1) is 0 Å². The zero-order valence-corrected chi connectivity index (χ0v) is 23.3. The van der Waals surface area contributed by atoms with Gasteiger partial charge in [0.25, 0.3) is 5.56 Å². The molecular formula is C33H28N2O4S. The fraction of sp³-hybridized carbons (Fsp3) is 0.182. The van der Waals surface area contributed by atoms with Gasteiger partial charge in [-0.3, -0.25) is 9.36 Å². The lowest BCUT2D eigenvalue weighted by Gasteiger charge is -2.26. The van der Waals surface area contributed by atoms with Gasteiger partial charge in [0.05, 0.1) is 29.0 Å². The van der Waals surface area contributed by atoms with Crippen molar-refractivity contribution < 1.29 is 14.3 Å². The van der Waals surface area contributed by atoms with Gasteiger partial charge in [-0.1, -0.05) is 78.1 Å². The number of ether oxygens (including phenoxy) is 2. The second-order valence-electron chi connectivity index (χ2n) is 9.51. The third-order valence-corrected chi connectivity index (χ3v) is 8.10. The van der Waals surface area contributed by atoms with Crippen LogP contribution in [-0.2, 0) is 9.53 Å². The lowest BCUT2D eigenvalue weighted by molar-refractivity contribution is -0.139. The monoisotopic (exact) mass is 548 g/mol. The second kappa shape index (κ2) is 10.6. The van der Waals surface area contributed by atoms with Crippen LogP contribution < -0.4 is 19.6 Å². The van der Waals surface area contributed by atoms with Gasteiger partial charge in [-0.15, -0.1) is 0 Å². The summed E-state index contributed by atoms with van der Waals surface area (Å²) < 4.78 is 13.5. The minimum atomic E-state index is -0.732. The minimum absolute atomic E-state index is 0.216. The fourth-order valence-corrected chi connectivity index (χ4v) is 6.44. The molecule has 4 aromatic carbocycles. The van der Waals surface area contributed by atoms with Crippen LogP contribution in [0.5, 0.6) is 5.75 Å². The molecule has 1 aliphatic rings. The van der Waals surface area contributed by atoms with Crippen LogP contribution in [0.3, 0.4) is 0 Å². The zero-order valence-electron chi connectivity index (χ0n) is 22.5. The highest BCUT2D eigenvalue weighted by Gasteiger charge is 2.35. The summed E-state index contributed by atoms with van der Waals surface area (Å²) in [7, 11) is 0. The Labute approximate surface area is 235 Å². The molecule has 0 saturated carbocycles. The minimum Gasteiger partial charge on any atom is -0.494 e. The molecule has 5 aromatic rings. The standard InChI is InChI=1S/C33H28N2O4S/c1-4-38-27-17-11-10-16-25(27)30-29(32(37)39-5-2)20(3)34-33-35(30)31(36)28(40-33)19-26-23-14-8-6-12-21(23)18-22-13-7-9-15-24(22)26/h6-19,30H,4-5H2,1-3H3/t30-/m0/s1. The van der Waals surface area contributed by atoms with Gasteiger partial charge in [-0.2, -0.15) is 0 Å². The first-order valence-corrected chi connectivity index (χ1v) is 14.1. The molecule has 1 aromatic heterocycles. The first kappa shape index (κ1) is 25.8. The van der Waals surface area contributed by atoms with Gasteiger partial charge in [-0.25, -0.2) is 9.79 Å². The molecule has 1 atom stereocenters. The van der Waals surface area contributed by atoms with Crippen LogP contribution in [0.4, 0.5) is 0 Å². The summed E-state index contributed by atoms with van der Waals surface area (Å²) in [6, 6.07) is 25.3. The Bertz CT molecular complexity index is 1950. The van der Waals surface area contributed by atoms with Gasteiger partial charge < -0.3 is 9.47 Å². The molecule has 0 radical (unpaired) electrons. The summed E-state index contributed by atoms with van der Waals surface area (Å²) in [6.45, 7) is 6.13. The number of thiazole rings is 1. The van der Waals surface area contributed by atoms with E-state index < -0.39 is 12.0 Å². The van der Waals surface area contributed by atoms with E-state index in [4.69, 9.17) is 14.5 Å². The highest BCUT2D eigenvalue weighted by molar-refractivity contribution is 7.07. The SMILES string of the molecule is CCOC(=O)C1=C(C)N=c2sc(=Cc3c4ccccc4cc4ccccc34)c(=O)n2[C@H]1c1ccccc1OCC. The van der Waals surface area contributed by atoms with E-state index in [0.717, 1.165) is 27.1 Å². The Hall–Kier alpha value is -4.49. The average molecular weight is 549 g/mol. The summed E-state index contributed by atoms with van der Waals surface area (Å²) >= 11 is 1.32. The van der Waals surface area contributed by atoms with Crippen molar-refractivity contribution in [3.8, 4) is 5.75 Å². The van der Waals surface area contributed by atoms with E-state index in [9.17, 15) is 9.59 Å². The number of para-hydroxylation sites is 1. The number of hydrogen-bond acceptors (Lipinski definition) is 6. The molecule has 0 unspecified atom stereocenters. The lowest BCUT2D eigenvalue weighted by Crippen LogP contribution is -2.40. The number of nitrogens with zero attached hydrogens (tertiary/aromatic N) is 2. The summed E-state index contributed by atoms with van der Waals surface area (Å²) in [5.74, 6) is 0.121. The van der Waals surface area contributed by atoms with E-state index in [1.165, 1.54) is 11.3 Å². The maximum atomic E-state index is 14.2. The Balaban J connectivity index is 1.65. The number of rotatable bonds is 6. The Morgan fingerprint density at radius 3 is 2.27 bits per heavy atom. The third kappa shape index (κ3) is 4.32. The quantitative estimate of drug-likeness (QED) is 0.208. The summed E-state index contributed by atoms with van der Waals surface area (Å²) in [6.07, 6.45) is 1.96. The Morgan fingerprint density at radius 1 is 0.950 bits per heavy atom. The van der Waals surface area contributed by atoms with Crippen molar-refractivity contribution >= 4 is 44.9 Å². The van der Waals surface area contributed by atoms with Crippen molar-refractivity contribution in [1.82, 2.24) is 4.57 Å². The van der Waals surface area contributed by atoms with Crippen LogP contribution in [-0.4, -0.2) is 23.8 Å².